The summed E-state index contributed by atoms with van der Waals surface area (Å²) in [6.45, 7) is 0.185. The molecule has 0 saturated heterocycles. The van der Waals surface area contributed by atoms with Crippen LogP contribution in [0.5, 0.6) is 0 Å². The van der Waals surface area contributed by atoms with Crippen LogP contribution in [0.25, 0.3) is 0 Å². The first-order chi connectivity index (χ1) is 9.91. The number of hydrogen-bond acceptors (Lipinski definition) is 4. The fraction of sp³-hybridized carbons (Fsp3) is 0.643. The molecule has 116 valence electrons. The fourth-order valence-corrected chi connectivity index (χ4v) is 2.77. The molecule has 0 aromatic carbocycles. The van der Waals surface area contributed by atoms with Gasteiger partial charge in [0.25, 0.3) is 11.6 Å². The second-order valence-corrected chi connectivity index (χ2v) is 5.77. The van der Waals surface area contributed by atoms with E-state index in [-0.39, 0.29) is 17.9 Å². The number of nitrogens with one attached hydrogen (secondary N) is 1. The first-order valence-corrected chi connectivity index (χ1v) is 7.23. The van der Waals surface area contributed by atoms with Crippen molar-refractivity contribution < 1.29 is 14.8 Å². The van der Waals surface area contributed by atoms with Gasteiger partial charge in [0.05, 0.1) is 16.7 Å². The number of hydrogen-bond donors (Lipinski definition) is 2. The summed E-state index contributed by atoms with van der Waals surface area (Å²) in [5.41, 5.74) is -0.752. The van der Waals surface area contributed by atoms with Gasteiger partial charge in [-0.1, -0.05) is 25.7 Å². The molecular formula is C14H21N3O4. The third-order valence-electron chi connectivity index (χ3n) is 4.05. The van der Waals surface area contributed by atoms with E-state index in [2.05, 4.69) is 5.32 Å². The lowest BCUT2D eigenvalue weighted by Crippen LogP contribution is -2.42. The summed E-state index contributed by atoms with van der Waals surface area (Å²) < 4.78 is 1.42. The van der Waals surface area contributed by atoms with Crippen LogP contribution in [0, 0.1) is 10.1 Å². The Kier molecular flexibility index (Phi) is 4.62. The molecule has 7 heteroatoms. The normalized spacial score (nSPS) is 18.0. The maximum atomic E-state index is 12.1. The summed E-state index contributed by atoms with van der Waals surface area (Å²) in [6, 6.07) is 1.24. The third-order valence-corrected chi connectivity index (χ3v) is 4.05. The van der Waals surface area contributed by atoms with Gasteiger partial charge in [0, 0.05) is 19.7 Å². The summed E-state index contributed by atoms with van der Waals surface area (Å²) in [4.78, 5) is 22.3. The lowest BCUT2D eigenvalue weighted by Gasteiger charge is -2.26. The summed E-state index contributed by atoms with van der Waals surface area (Å²) >= 11 is 0. The number of aryl methyl sites for hydroxylation is 1. The van der Waals surface area contributed by atoms with Crippen molar-refractivity contribution >= 4 is 11.6 Å². The molecule has 1 aromatic heterocycles. The summed E-state index contributed by atoms with van der Waals surface area (Å²) in [7, 11) is 1.59. The number of aromatic nitrogens is 1. The Morgan fingerprint density at radius 2 is 2.05 bits per heavy atom. The minimum Gasteiger partial charge on any atom is -0.388 e. The van der Waals surface area contributed by atoms with Gasteiger partial charge in [-0.05, 0) is 12.8 Å². The van der Waals surface area contributed by atoms with E-state index in [0.29, 0.717) is 12.8 Å². The van der Waals surface area contributed by atoms with Crippen LogP contribution in [-0.2, 0) is 7.05 Å². The standard InChI is InChI=1S/C14H21N3O4/c1-16-9-11(17(20)21)8-12(16)13(18)15-10-14(19)6-4-2-3-5-7-14/h8-9,19H,2-7,10H2,1H3,(H,15,18). The monoisotopic (exact) mass is 295 g/mol. The zero-order chi connectivity index (χ0) is 15.5. The van der Waals surface area contributed by atoms with E-state index in [0.717, 1.165) is 25.7 Å². The van der Waals surface area contributed by atoms with Gasteiger partial charge in [-0.15, -0.1) is 0 Å². The Labute approximate surface area is 123 Å². The number of carbonyl (C=O) groups is 1. The molecule has 1 saturated carbocycles. The van der Waals surface area contributed by atoms with Crippen LogP contribution in [0.3, 0.4) is 0 Å². The number of amides is 1. The van der Waals surface area contributed by atoms with E-state index in [1.54, 1.807) is 7.05 Å². The predicted octanol–water partition coefficient (Wildman–Crippen LogP) is 1.75. The fourth-order valence-electron chi connectivity index (χ4n) is 2.77. The van der Waals surface area contributed by atoms with E-state index in [1.807, 2.05) is 0 Å². The van der Waals surface area contributed by atoms with Gasteiger partial charge in [0.1, 0.15) is 5.69 Å². The Morgan fingerprint density at radius 3 is 2.57 bits per heavy atom. The highest BCUT2D eigenvalue weighted by molar-refractivity contribution is 5.93. The Balaban J connectivity index is 1.99. The molecule has 1 aliphatic carbocycles. The van der Waals surface area contributed by atoms with Crippen molar-refractivity contribution in [3.05, 3.63) is 28.1 Å². The summed E-state index contributed by atoms with van der Waals surface area (Å²) in [5.74, 6) is -0.400. The molecule has 21 heavy (non-hydrogen) atoms. The predicted molar refractivity (Wildman–Crippen MR) is 77.1 cm³/mol. The molecule has 1 aliphatic rings. The van der Waals surface area contributed by atoms with E-state index in [9.17, 15) is 20.0 Å². The molecule has 2 N–H and O–H groups in total. The van der Waals surface area contributed by atoms with Crippen molar-refractivity contribution in [1.29, 1.82) is 0 Å². The van der Waals surface area contributed by atoms with E-state index in [1.165, 1.54) is 16.8 Å². The molecule has 0 aliphatic heterocycles. The molecule has 1 fully saturated rings. The zero-order valence-corrected chi connectivity index (χ0v) is 12.2. The average molecular weight is 295 g/mol. The Bertz CT molecular complexity index is 530. The molecular weight excluding hydrogens is 274 g/mol. The van der Waals surface area contributed by atoms with Crippen LogP contribution in [0.15, 0.2) is 12.3 Å². The highest BCUT2D eigenvalue weighted by Crippen LogP contribution is 2.26. The number of nitrogens with zero attached hydrogens (tertiary/aromatic N) is 2. The van der Waals surface area contributed by atoms with E-state index in [4.69, 9.17) is 0 Å². The van der Waals surface area contributed by atoms with Crippen molar-refractivity contribution in [2.75, 3.05) is 6.54 Å². The second-order valence-electron chi connectivity index (χ2n) is 5.77. The van der Waals surface area contributed by atoms with Gasteiger partial charge in [-0.3, -0.25) is 14.9 Å². The number of rotatable bonds is 4. The van der Waals surface area contributed by atoms with Crippen LogP contribution in [0.2, 0.25) is 0 Å². The molecule has 0 spiro atoms. The smallest absolute Gasteiger partial charge is 0.287 e. The first-order valence-electron chi connectivity index (χ1n) is 7.23. The van der Waals surface area contributed by atoms with Crippen LogP contribution in [0.4, 0.5) is 5.69 Å². The maximum Gasteiger partial charge on any atom is 0.287 e. The summed E-state index contributed by atoms with van der Waals surface area (Å²) in [5, 5.41) is 23.9. The van der Waals surface area contributed by atoms with Gasteiger partial charge in [0.2, 0.25) is 0 Å². The molecule has 1 amide bonds. The Hall–Kier alpha value is -1.89. The average Bonchev–Trinajstić information content (AvgIpc) is 2.69. The van der Waals surface area contributed by atoms with Crippen LogP contribution < -0.4 is 5.32 Å². The number of carbonyl (C=O) groups excluding carboxylic acids is 1. The maximum absolute atomic E-state index is 12.1. The lowest BCUT2D eigenvalue weighted by molar-refractivity contribution is -0.384. The second kappa shape index (κ2) is 6.26. The molecule has 2 rings (SSSR count). The largest absolute Gasteiger partial charge is 0.388 e. The minimum absolute atomic E-state index is 0.115. The first kappa shape index (κ1) is 15.5. The zero-order valence-electron chi connectivity index (χ0n) is 12.2. The highest BCUT2D eigenvalue weighted by atomic mass is 16.6. The summed E-state index contributed by atoms with van der Waals surface area (Å²) in [6.07, 6.45) is 6.81. The molecule has 1 aromatic rings. The molecule has 7 nitrogen and oxygen atoms in total. The molecule has 0 unspecified atom stereocenters. The highest BCUT2D eigenvalue weighted by Gasteiger charge is 2.29. The van der Waals surface area contributed by atoms with Crippen LogP contribution in [0.1, 0.15) is 49.0 Å². The van der Waals surface area contributed by atoms with Gasteiger partial charge >= 0.3 is 0 Å². The van der Waals surface area contributed by atoms with Crippen molar-refractivity contribution in [1.82, 2.24) is 9.88 Å². The van der Waals surface area contributed by atoms with Gasteiger partial charge in [-0.25, -0.2) is 0 Å². The van der Waals surface area contributed by atoms with Gasteiger partial charge in [-0.2, -0.15) is 0 Å². The molecule has 0 bridgehead atoms. The number of aliphatic hydroxyl groups is 1. The van der Waals surface area contributed by atoms with Crippen LogP contribution >= 0.6 is 0 Å². The van der Waals surface area contributed by atoms with Crippen molar-refractivity contribution in [3.8, 4) is 0 Å². The van der Waals surface area contributed by atoms with Crippen molar-refractivity contribution in [3.63, 3.8) is 0 Å². The van der Waals surface area contributed by atoms with Crippen molar-refractivity contribution in [2.45, 2.75) is 44.1 Å². The quantitative estimate of drug-likeness (QED) is 0.502. The molecule has 0 atom stereocenters. The van der Waals surface area contributed by atoms with E-state index >= 15 is 0 Å². The molecule has 1 heterocycles. The van der Waals surface area contributed by atoms with Gasteiger partial charge < -0.3 is 15.0 Å². The topological polar surface area (TPSA) is 97.4 Å². The Morgan fingerprint density at radius 1 is 1.43 bits per heavy atom. The van der Waals surface area contributed by atoms with Crippen LogP contribution in [-0.4, -0.2) is 32.6 Å². The third kappa shape index (κ3) is 3.81. The number of nitro groups is 1. The minimum atomic E-state index is -0.858. The van der Waals surface area contributed by atoms with Crippen molar-refractivity contribution in [2.24, 2.45) is 7.05 Å². The lowest BCUT2D eigenvalue weighted by atomic mass is 9.94. The SMILES string of the molecule is Cn1cc([N+](=O)[O-])cc1C(=O)NCC1(O)CCCCCC1. The van der Waals surface area contributed by atoms with Gasteiger partial charge in [0.15, 0.2) is 0 Å². The van der Waals surface area contributed by atoms with E-state index < -0.39 is 16.4 Å². The molecule has 0 radical (unpaired) electrons.